The molecule has 4 aromatic rings. The highest BCUT2D eigenvalue weighted by Gasteiger charge is 2.19. The Balaban J connectivity index is 1.57. The van der Waals surface area contributed by atoms with Crippen LogP contribution in [0.1, 0.15) is 23.1 Å². The highest BCUT2D eigenvalue weighted by atomic mass is 35.5. The average molecular weight is 457 g/mol. The first-order valence-electron chi connectivity index (χ1n) is 9.34. The largest absolute Gasteiger partial charge is 0.466 e. The van der Waals surface area contributed by atoms with Crippen molar-refractivity contribution in [3.63, 3.8) is 0 Å². The van der Waals surface area contributed by atoms with Gasteiger partial charge in [0, 0.05) is 16.5 Å². The summed E-state index contributed by atoms with van der Waals surface area (Å²) < 4.78 is 12.0. The number of hydrogen-bond acceptors (Lipinski definition) is 7. The number of benzene rings is 1. The summed E-state index contributed by atoms with van der Waals surface area (Å²) in [5.74, 6) is -0.236. The number of carbonyl (C=O) groups is 2. The van der Waals surface area contributed by atoms with Crippen LogP contribution in [0, 0.1) is 0 Å². The van der Waals surface area contributed by atoms with Crippen LogP contribution in [-0.2, 0) is 16.0 Å². The number of ether oxygens (including phenoxy) is 1. The Labute approximate surface area is 186 Å². The second-order valence-corrected chi connectivity index (χ2v) is 7.65. The molecule has 0 saturated heterocycles. The van der Waals surface area contributed by atoms with Gasteiger partial charge in [0.2, 0.25) is 0 Å². The van der Waals surface area contributed by atoms with E-state index in [1.165, 1.54) is 11.3 Å². The van der Waals surface area contributed by atoms with Crippen molar-refractivity contribution >= 4 is 39.9 Å². The molecule has 0 fully saturated rings. The SMILES string of the molecule is CCOC(=O)Cc1csc(NC(=O)c2cc(-c3ccco3)n(-c3ccc(Cl)cc3)n2)n1. The van der Waals surface area contributed by atoms with Crippen LogP contribution in [0.3, 0.4) is 0 Å². The molecule has 0 aliphatic rings. The van der Waals surface area contributed by atoms with E-state index in [0.29, 0.717) is 33.9 Å². The van der Waals surface area contributed by atoms with Crippen LogP contribution >= 0.6 is 22.9 Å². The maximum Gasteiger partial charge on any atom is 0.311 e. The van der Waals surface area contributed by atoms with Gasteiger partial charge in [0.25, 0.3) is 5.91 Å². The fourth-order valence-electron chi connectivity index (χ4n) is 2.84. The monoisotopic (exact) mass is 456 g/mol. The zero-order chi connectivity index (χ0) is 21.8. The molecule has 0 aliphatic carbocycles. The summed E-state index contributed by atoms with van der Waals surface area (Å²) in [6, 6.07) is 12.3. The Hall–Kier alpha value is -3.43. The number of carbonyl (C=O) groups excluding carboxylic acids is 2. The van der Waals surface area contributed by atoms with Crippen LogP contribution in [0.5, 0.6) is 0 Å². The van der Waals surface area contributed by atoms with E-state index in [0.717, 1.165) is 5.69 Å². The molecule has 0 unspecified atom stereocenters. The molecule has 8 nitrogen and oxygen atoms in total. The molecular weight excluding hydrogens is 440 g/mol. The van der Waals surface area contributed by atoms with Gasteiger partial charge >= 0.3 is 5.97 Å². The molecule has 0 bridgehead atoms. The van der Waals surface area contributed by atoms with E-state index < -0.39 is 5.91 Å². The minimum absolute atomic E-state index is 0.0496. The van der Waals surface area contributed by atoms with Crippen LogP contribution in [0.4, 0.5) is 5.13 Å². The zero-order valence-electron chi connectivity index (χ0n) is 16.4. The first kappa shape index (κ1) is 20.8. The molecule has 3 aromatic heterocycles. The van der Waals surface area contributed by atoms with E-state index in [1.54, 1.807) is 65.7 Å². The first-order valence-corrected chi connectivity index (χ1v) is 10.6. The quantitative estimate of drug-likeness (QED) is 0.408. The molecular formula is C21H17ClN4O4S. The van der Waals surface area contributed by atoms with Gasteiger partial charge in [-0.1, -0.05) is 11.6 Å². The van der Waals surface area contributed by atoms with Crippen LogP contribution in [0.2, 0.25) is 5.02 Å². The Bertz CT molecular complexity index is 1200. The second-order valence-electron chi connectivity index (χ2n) is 6.36. The van der Waals surface area contributed by atoms with Gasteiger partial charge in [-0.25, -0.2) is 9.67 Å². The van der Waals surface area contributed by atoms with Crippen molar-refractivity contribution < 1.29 is 18.7 Å². The smallest absolute Gasteiger partial charge is 0.311 e. The molecule has 0 aliphatic heterocycles. The molecule has 1 amide bonds. The summed E-state index contributed by atoms with van der Waals surface area (Å²) in [7, 11) is 0. The van der Waals surface area contributed by atoms with Gasteiger partial charge in [-0.15, -0.1) is 11.3 Å². The van der Waals surface area contributed by atoms with Crippen molar-refractivity contribution in [3.8, 4) is 17.1 Å². The highest BCUT2D eigenvalue weighted by Crippen LogP contribution is 2.26. The number of thiazole rings is 1. The summed E-state index contributed by atoms with van der Waals surface area (Å²) in [6.07, 6.45) is 1.60. The van der Waals surface area contributed by atoms with E-state index in [2.05, 4.69) is 15.4 Å². The third-order valence-corrected chi connectivity index (χ3v) is 5.25. The summed E-state index contributed by atoms with van der Waals surface area (Å²) in [6.45, 7) is 2.05. The second kappa shape index (κ2) is 9.15. The molecule has 1 aromatic carbocycles. The van der Waals surface area contributed by atoms with Crippen molar-refractivity contribution in [2.45, 2.75) is 13.3 Å². The van der Waals surface area contributed by atoms with Crippen molar-refractivity contribution in [1.29, 1.82) is 0 Å². The van der Waals surface area contributed by atoms with E-state index in [9.17, 15) is 9.59 Å². The van der Waals surface area contributed by atoms with Gasteiger partial charge in [-0.05, 0) is 43.3 Å². The Kier molecular flexibility index (Phi) is 6.15. The van der Waals surface area contributed by atoms with E-state index in [-0.39, 0.29) is 18.1 Å². The number of halogens is 1. The first-order chi connectivity index (χ1) is 15.0. The van der Waals surface area contributed by atoms with Crippen LogP contribution < -0.4 is 5.32 Å². The van der Waals surface area contributed by atoms with Gasteiger partial charge in [0.1, 0.15) is 5.69 Å². The standard InChI is InChI=1S/C21H17ClN4O4S/c1-2-29-19(27)10-14-12-31-21(23-14)24-20(28)16-11-17(18-4-3-9-30-18)26(25-16)15-7-5-13(22)6-8-15/h3-9,11-12H,2,10H2,1H3,(H,23,24,28). The Morgan fingerprint density at radius 2 is 2.06 bits per heavy atom. The minimum atomic E-state index is -0.433. The van der Waals surface area contributed by atoms with Gasteiger partial charge in [-0.2, -0.15) is 5.10 Å². The molecule has 0 spiro atoms. The van der Waals surface area contributed by atoms with Crippen molar-refractivity contribution in [1.82, 2.24) is 14.8 Å². The van der Waals surface area contributed by atoms with E-state index in [4.69, 9.17) is 20.8 Å². The molecule has 1 N–H and O–H groups in total. The third-order valence-electron chi connectivity index (χ3n) is 4.19. The normalized spacial score (nSPS) is 10.8. The van der Waals surface area contributed by atoms with Crippen molar-refractivity contribution in [2.75, 3.05) is 11.9 Å². The molecule has 10 heteroatoms. The number of nitrogens with zero attached hydrogens (tertiary/aromatic N) is 3. The lowest BCUT2D eigenvalue weighted by atomic mass is 10.2. The predicted molar refractivity (Wildman–Crippen MR) is 117 cm³/mol. The predicted octanol–water partition coefficient (Wildman–Crippen LogP) is 4.60. The van der Waals surface area contributed by atoms with Crippen molar-refractivity contribution in [2.24, 2.45) is 0 Å². The lowest BCUT2D eigenvalue weighted by Crippen LogP contribution is -2.13. The molecule has 0 atom stereocenters. The summed E-state index contributed by atoms with van der Waals surface area (Å²) in [5.41, 5.74) is 2.05. The Morgan fingerprint density at radius 3 is 2.77 bits per heavy atom. The fraction of sp³-hybridized carbons (Fsp3) is 0.143. The number of esters is 1. The number of rotatable bonds is 7. The average Bonchev–Trinajstić information content (AvgIpc) is 3.49. The van der Waals surface area contributed by atoms with Gasteiger partial charge in [0.15, 0.2) is 16.6 Å². The number of furan rings is 1. The van der Waals surface area contributed by atoms with E-state index in [1.807, 2.05) is 0 Å². The minimum Gasteiger partial charge on any atom is -0.466 e. The van der Waals surface area contributed by atoms with Crippen molar-refractivity contribution in [3.05, 3.63) is 70.5 Å². The maximum atomic E-state index is 12.8. The highest BCUT2D eigenvalue weighted by molar-refractivity contribution is 7.14. The number of aromatic nitrogens is 3. The van der Waals surface area contributed by atoms with Crippen LogP contribution in [0.15, 0.2) is 58.5 Å². The maximum absolute atomic E-state index is 12.8. The topological polar surface area (TPSA) is 99.2 Å². The molecule has 0 radical (unpaired) electrons. The zero-order valence-corrected chi connectivity index (χ0v) is 17.9. The van der Waals surface area contributed by atoms with Crippen LogP contribution in [-0.4, -0.2) is 33.2 Å². The van der Waals surface area contributed by atoms with Gasteiger partial charge in [0.05, 0.1) is 30.7 Å². The van der Waals surface area contributed by atoms with Gasteiger partial charge in [-0.3, -0.25) is 14.9 Å². The molecule has 3 heterocycles. The number of amides is 1. The third kappa shape index (κ3) is 4.84. The van der Waals surface area contributed by atoms with Crippen LogP contribution in [0.25, 0.3) is 17.1 Å². The van der Waals surface area contributed by atoms with E-state index >= 15 is 0 Å². The number of anilines is 1. The lowest BCUT2D eigenvalue weighted by Gasteiger charge is -2.05. The molecule has 158 valence electrons. The summed E-state index contributed by atoms with van der Waals surface area (Å²) in [4.78, 5) is 28.7. The number of nitrogens with one attached hydrogen (secondary N) is 1. The lowest BCUT2D eigenvalue weighted by molar-refractivity contribution is -0.142. The Morgan fingerprint density at radius 1 is 1.26 bits per heavy atom. The molecule has 4 rings (SSSR count). The fourth-order valence-corrected chi connectivity index (χ4v) is 3.67. The summed E-state index contributed by atoms with van der Waals surface area (Å²) >= 11 is 7.21. The molecule has 31 heavy (non-hydrogen) atoms. The van der Waals surface area contributed by atoms with Gasteiger partial charge < -0.3 is 9.15 Å². The summed E-state index contributed by atoms with van der Waals surface area (Å²) in [5, 5.41) is 9.83. The molecule has 0 saturated carbocycles. The number of hydrogen-bond donors (Lipinski definition) is 1.